The van der Waals surface area contributed by atoms with Gasteiger partial charge in [-0.25, -0.2) is 9.78 Å². The molecule has 142 valence electrons. The lowest BCUT2D eigenvalue weighted by Gasteiger charge is -2.07. The number of carboxylic acids is 1. The summed E-state index contributed by atoms with van der Waals surface area (Å²) in [6, 6.07) is 4.54. The highest BCUT2D eigenvalue weighted by Crippen LogP contribution is 2.32. The second-order valence-corrected chi connectivity index (χ2v) is 6.84. The molecule has 0 aliphatic rings. The number of rotatable bonds is 4. The smallest absolute Gasteiger partial charge is 0.416 e. The van der Waals surface area contributed by atoms with Crippen LogP contribution in [0.4, 0.5) is 18.2 Å². The maximum atomic E-state index is 12.9. The Morgan fingerprint density at radius 2 is 2.00 bits per heavy atom. The summed E-state index contributed by atoms with van der Waals surface area (Å²) in [6.45, 7) is 1.80. The van der Waals surface area contributed by atoms with Crippen LogP contribution in [-0.2, 0) is 19.6 Å². The Morgan fingerprint density at radius 1 is 1.30 bits per heavy atom. The molecule has 0 spiro atoms. The SMILES string of the molecule is CCc1nc(C(=O)O)c(NC(=O)c2cc3cc(C(F)(F)F)ccc3n2C)s1. The molecule has 27 heavy (non-hydrogen) atoms. The van der Waals surface area contributed by atoms with Crippen LogP contribution in [0.3, 0.4) is 0 Å². The molecule has 3 rings (SSSR count). The molecule has 0 aliphatic carbocycles. The lowest BCUT2D eigenvalue weighted by molar-refractivity contribution is -0.137. The number of carbonyl (C=O) groups excluding carboxylic acids is 1. The van der Waals surface area contributed by atoms with Crippen LogP contribution in [0.25, 0.3) is 10.9 Å². The molecule has 0 radical (unpaired) electrons. The molecule has 1 amide bonds. The zero-order valence-corrected chi connectivity index (χ0v) is 15.0. The van der Waals surface area contributed by atoms with Crippen LogP contribution in [0.15, 0.2) is 24.3 Å². The fourth-order valence-corrected chi connectivity index (χ4v) is 3.55. The van der Waals surface area contributed by atoms with E-state index in [1.807, 2.05) is 0 Å². The van der Waals surface area contributed by atoms with E-state index in [1.165, 1.54) is 16.7 Å². The number of hydrogen-bond acceptors (Lipinski definition) is 4. The number of halogens is 3. The number of carbonyl (C=O) groups is 2. The Bertz CT molecular complexity index is 1050. The summed E-state index contributed by atoms with van der Waals surface area (Å²) in [5.74, 6) is -1.90. The minimum Gasteiger partial charge on any atom is -0.476 e. The minimum atomic E-state index is -4.48. The van der Waals surface area contributed by atoms with Gasteiger partial charge in [-0.2, -0.15) is 13.2 Å². The summed E-state index contributed by atoms with van der Waals surface area (Å²) in [7, 11) is 1.55. The van der Waals surface area contributed by atoms with E-state index in [4.69, 9.17) is 0 Å². The highest BCUT2D eigenvalue weighted by Gasteiger charge is 2.31. The predicted molar refractivity (Wildman–Crippen MR) is 94.3 cm³/mol. The molecular formula is C17H14F3N3O3S. The third kappa shape index (κ3) is 3.52. The van der Waals surface area contributed by atoms with Crippen LogP contribution in [0, 0.1) is 0 Å². The first-order chi connectivity index (χ1) is 12.6. The topological polar surface area (TPSA) is 84.2 Å². The highest BCUT2D eigenvalue weighted by molar-refractivity contribution is 7.16. The maximum Gasteiger partial charge on any atom is 0.416 e. The number of benzene rings is 1. The van der Waals surface area contributed by atoms with Gasteiger partial charge in [0.05, 0.1) is 10.6 Å². The first kappa shape index (κ1) is 18.9. The Kier molecular flexibility index (Phi) is 4.68. The van der Waals surface area contributed by atoms with E-state index in [-0.39, 0.29) is 21.8 Å². The van der Waals surface area contributed by atoms with E-state index < -0.39 is 23.6 Å². The Labute approximate surface area is 155 Å². The van der Waals surface area contributed by atoms with Crippen molar-refractivity contribution in [1.82, 2.24) is 9.55 Å². The van der Waals surface area contributed by atoms with Gasteiger partial charge in [0, 0.05) is 18.0 Å². The van der Waals surface area contributed by atoms with Crippen molar-refractivity contribution >= 4 is 39.1 Å². The summed E-state index contributed by atoms with van der Waals surface area (Å²) < 4.78 is 40.1. The number of fused-ring (bicyclic) bond motifs is 1. The maximum absolute atomic E-state index is 12.9. The van der Waals surface area contributed by atoms with Crippen molar-refractivity contribution in [2.24, 2.45) is 7.05 Å². The number of aromatic nitrogens is 2. The molecule has 10 heteroatoms. The van der Waals surface area contributed by atoms with Crippen LogP contribution in [0.1, 0.15) is 38.5 Å². The number of nitrogens with one attached hydrogen (secondary N) is 1. The van der Waals surface area contributed by atoms with Gasteiger partial charge < -0.3 is 15.0 Å². The molecule has 1 aromatic carbocycles. The monoisotopic (exact) mass is 397 g/mol. The second-order valence-electron chi connectivity index (χ2n) is 5.76. The quantitative estimate of drug-likeness (QED) is 0.692. The fourth-order valence-electron chi connectivity index (χ4n) is 2.66. The predicted octanol–water partition coefficient (Wildman–Crippen LogP) is 4.17. The number of nitrogens with zero attached hydrogens (tertiary/aromatic N) is 2. The number of hydrogen-bond donors (Lipinski definition) is 2. The van der Waals surface area contributed by atoms with Crippen LogP contribution >= 0.6 is 11.3 Å². The average Bonchev–Trinajstić information content (AvgIpc) is 3.15. The molecule has 0 atom stereocenters. The number of carboxylic acid groups (broad SMARTS) is 1. The third-order valence-corrected chi connectivity index (χ3v) is 5.12. The minimum absolute atomic E-state index is 0.0885. The van der Waals surface area contributed by atoms with Gasteiger partial charge in [-0.15, -0.1) is 11.3 Å². The van der Waals surface area contributed by atoms with Crippen molar-refractivity contribution in [3.05, 3.63) is 46.2 Å². The van der Waals surface area contributed by atoms with Gasteiger partial charge >= 0.3 is 12.1 Å². The molecule has 0 saturated heterocycles. The number of aryl methyl sites for hydroxylation is 2. The molecule has 0 aliphatic heterocycles. The second kappa shape index (κ2) is 6.69. The van der Waals surface area contributed by atoms with Gasteiger partial charge in [0.25, 0.3) is 5.91 Å². The number of anilines is 1. The van der Waals surface area contributed by atoms with E-state index in [9.17, 15) is 27.9 Å². The van der Waals surface area contributed by atoms with Crippen molar-refractivity contribution in [2.45, 2.75) is 19.5 Å². The lowest BCUT2D eigenvalue weighted by atomic mass is 10.1. The molecule has 0 unspecified atom stereocenters. The first-order valence-electron chi connectivity index (χ1n) is 7.82. The number of aromatic carboxylic acids is 1. The van der Waals surface area contributed by atoms with Crippen LogP contribution in [0.5, 0.6) is 0 Å². The van der Waals surface area contributed by atoms with Crippen LogP contribution in [-0.4, -0.2) is 26.5 Å². The summed E-state index contributed by atoms with van der Waals surface area (Å²) in [4.78, 5) is 27.8. The van der Waals surface area contributed by atoms with Crippen molar-refractivity contribution in [3.8, 4) is 0 Å². The first-order valence-corrected chi connectivity index (χ1v) is 8.64. The van der Waals surface area contributed by atoms with E-state index in [2.05, 4.69) is 10.3 Å². The Balaban J connectivity index is 1.98. The molecular weight excluding hydrogens is 383 g/mol. The highest BCUT2D eigenvalue weighted by atomic mass is 32.1. The zero-order valence-electron chi connectivity index (χ0n) is 14.2. The molecule has 0 saturated carbocycles. The van der Waals surface area contributed by atoms with Gasteiger partial charge in [-0.1, -0.05) is 6.92 Å². The third-order valence-electron chi connectivity index (χ3n) is 4.01. The van der Waals surface area contributed by atoms with Gasteiger partial charge in [0.1, 0.15) is 10.7 Å². The molecule has 2 aromatic heterocycles. The molecule has 0 bridgehead atoms. The van der Waals surface area contributed by atoms with E-state index in [1.54, 1.807) is 14.0 Å². The van der Waals surface area contributed by atoms with Gasteiger partial charge in [0.2, 0.25) is 0 Å². The zero-order chi connectivity index (χ0) is 19.9. The average molecular weight is 397 g/mol. The lowest BCUT2D eigenvalue weighted by Crippen LogP contribution is -2.16. The summed E-state index contributed by atoms with van der Waals surface area (Å²) in [6.07, 6.45) is -3.98. The van der Waals surface area contributed by atoms with Crippen LogP contribution < -0.4 is 5.32 Å². The summed E-state index contributed by atoms with van der Waals surface area (Å²) in [5, 5.41) is 12.6. The van der Waals surface area contributed by atoms with E-state index in [0.29, 0.717) is 16.9 Å². The Hall–Kier alpha value is -2.88. The standard InChI is InChI=1S/C17H14F3N3O3S/c1-3-12-21-13(16(25)26)15(27-12)22-14(24)11-7-8-6-9(17(18,19)20)4-5-10(8)23(11)2/h4-7H,3H2,1-2H3,(H,22,24)(H,25,26). The molecule has 3 aromatic rings. The molecule has 2 heterocycles. The number of amides is 1. The van der Waals surface area contributed by atoms with E-state index >= 15 is 0 Å². The normalized spacial score (nSPS) is 11.7. The summed E-state index contributed by atoms with van der Waals surface area (Å²) in [5.41, 5.74) is -0.517. The Morgan fingerprint density at radius 3 is 2.59 bits per heavy atom. The van der Waals surface area contributed by atoms with Gasteiger partial charge in [-0.05, 0) is 30.7 Å². The van der Waals surface area contributed by atoms with Gasteiger partial charge in [-0.3, -0.25) is 4.79 Å². The number of thiazole rings is 1. The van der Waals surface area contributed by atoms with Gasteiger partial charge in [0.15, 0.2) is 5.69 Å². The molecule has 6 nitrogen and oxygen atoms in total. The van der Waals surface area contributed by atoms with Crippen LogP contribution in [0.2, 0.25) is 0 Å². The van der Waals surface area contributed by atoms with E-state index in [0.717, 1.165) is 23.5 Å². The molecule has 0 fully saturated rings. The van der Waals surface area contributed by atoms with Crippen molar-refractivity contribution in [2.75, 3.05) is 5.32 Å². The van der Waals surface area contributed by atoms with Crippen molar-refractivity contribution < 1.29 is 27.9 Å². The van der Waals surface area contributed by atoms with Crippen molar-refractivity contribution in [3.63, 3.8) is 0 Å². The largest absolute Gasteiger partial charge is 0.476 e. The fraction of sp³-hybridized carbons (Fsp3) is 0.235. The summed E-state index contributed by atoms with van der Waals surface area (Å²) >= 11 is 1.05. The molecule has 2 N–H and O–H groups in total. The number of alkyl halides is 3. The van der Waals surface area contributed by atoms with Crippen molar-refractivity contribution in [1.29, 1.82) is 0 Å².